The lowest BCUT2D eigenvalue weighted by Gasteiger charge is -2.35. The quantitative estimate of drug-likeness (QED) is 0.839. The molecule has 0 bridgehead atoms. The lowest BCUT2D eigenvalue weighted by Crippen LogP contribution is -2.39. The number of hydrogen-bond donors (Lipinski definition) is 1. The molecule has 0 saturated carbocycles. The van der Waals surface area contributed by atoms with Crippen LogP contribution in [-0.2, 0) is 11.3 Å². The number of aromatic nitrogens is 2. The van der Waals surface area contributed by atoms with Gasteiger partial charge in [-0.2, -0.15) is 5.10 Å². The molecule has 5 heteroatoms. The summed E-state index contributed by atoms with van der Waals surface area (Å²) in [7, 11) is 0. The molecule has 2 unspecified atom stereocenters. The van der Waals surface area contributed by atoms with Gasteiger partial charge in [0, 0.05) is 31.2 Å². The third-order valence-corrected chi connectivity index (χ3v) is 4.51. The summed E-state index contributed by atoms with van der Waals surface area (Å²) in [5, 5.41) is 13.5. The highest BCUT2D eigenvalue weighted by atomic mass is 16.4. The Bertz CT molecular complexity index is 458. The highest BCUT2D eigenvalue weighted by molar-refractivity contribution is 5.66. The van der Waals surface area contributed by atoms with Gasteiger partial charge < -0.3 is 5.11 Å². The largest absolute Gasteiger partial charge is 0.481 e. The zero-order valence-corrected chi connectivity index (χ0v) is 13.2. The SMILES string of the molecule is CCC(C)n1ccc(CN2CCCCC2CCC(=O)O)n1. The van der Waals surface area contributed by atoms with Crippen LogP contribution in [0.3, 0.4) is 0 Å². The first-order chi connectivity index (χ1) is 10.1. The van der Waals surface area contributed by atoms with Crippen molar-refractivity contribution >= 4 is 5.97 Å². The molecule has 118 valence electrons. The van der Waals surface area contributed by atoms with Gasteiger partial charge in [0.2, 0.25) is 0 Å². The molecular formula is C16H27N3O2. The van der Waals surface area contributed by atoms with E-state index in [1.165, 1.54) is 12.8 Å². The molecule has 0 aliphatic carbocycles. The number of carboxylic acids is 1. The Kier molecular flexibility index (Phi) is 5.79. The average molecular weight is 293 g/mol. The van der Waals surface area contributed by atoms with Crippen LogP contribution < -0.4 is 0 Å². The van der Waals surface area contributed by atoms with Gasteiger partial charge in [0.05, 0.1) is 5.69 Å². The Hall–Kier alpha value is -1.36. The second-order valence-electron chi connectivity index (χ2n) is 6.10. The van der Waals surface area contributed by atoms with E-state index in [4.69, 9.17) is 5.11 Å². The number of carbonyl (C=O) groups is 1. The maximum absolute atomic E-state index is 10.8. The molecule has 1 saturated heterocycles. The number of piperidine rings is 1. The molecule has 21 heavy (non-hydrogen) atoms. The van der Waals surface area contributed by atoms with Gasteiger partial charge in [-0.05, 0) is 45.2 Å². The normalized spacial score (nSPS) is 21.3. The molecule has 0 amide bonds. The topological polar surface area (TPSA) is 58.4 Å². The fraction of sp³-hybridized carbons (Fsp3) is 0.750. The molecule has 1 N–H and O–H groups in total. The zero-order valence-electron chi connectivity index (χ0n) is 13.2. The van der Waals surface area contributed by atoms with E-state index in [1.807, 2.05) is 4.68 Å². The van der Waals surface area contributed by atoms with Crippen molar-refractivity contribution in [3.63, 3.8) is 0 Å². The van der Waals surface area contributed by atoms with Crippen LogP contribution in [0.15, 0.2) is 12.3 Å². The van der Waals surface area contributed by atoms with Crippen molar-refractivity contribution in [3.05, 3.63) is 18.0 Å². The molecule has 1 aliphatic heterocycles. The maximum atomic E-state index is 10.8. The van der Waals surface area contributed by atoms with Crippen molar-refractivity contribution in [3.8, 4) is 0 Å². The molecule has 0 spiro atoms. The molecule has 1 aromatic heterocycles. The molecule has 5 nitrogen and oxygen atoms in total. The molecule has 0 radical (unpaired) electrons. The van der Waals surface area contributed by atoms with E-state index in [-0.39, 0.29) is 6.42 Å². The van der Waals surface area contributed by atoms with E-state index in [9.17, 15) is 4.79 Å². The van der Waals surface area contributed by atoms with E-state index in [0.29, 0.717) is 12.1 Å². The van der Waals surface area contributed by atoms with Crippen LogP contribution in [0.25, 0.3) is 0 Å². The number of aliphatic carboxylic acids is 1. The second-order valence-corrected chi connectivity index (χ2v) is 6.10. The Balaban J connectivity index is 1.95. The standard InChI is InChI=1S/C16H27N3O2/c1-3-13(2)19-11-9-14(17-19)12-18-10-5-4-6-15(18)7-8-16(20)21/h9,11,13,15H,3-8,10,12H2,1-2H3,(H,20,21). The highest BCUT2D eigenvalue weighted by Gasteiger charge is 2.23. The zero-order chi connectivity index (χ0) is 15.2. The van der Waals surface area contributed by atoms with Crippen molar-refractivity contribution in [1.29, 1.82) is 0 Å². The molecule has 1 aliphatic rings. The highest BCUT2D eigenvalue weighted by Crippen LogP contribution is 2.23. The number of nitrogens with zero attached hydrogens (tertiary/aromatic N) is 3. The van der Waals surface area contributed by atoms with Gasteiger partial charge in [-0.3, -0.25) is 14.4 Å². The summed E-state index contributed by atoms with van der Waals surface area (Å²) in [6, 6.07) is 2.92. The molecule has 0 aromatic carbocycles. The molecule has 1 fully saturated rings. The monoisotopic (exact) mass is 293 g/mol. The molecule has 2 atom stereocenters. The minimum absolute atomic E-state index is 0.266. The number of carboxylic acid groups (broad SMARTS) is 1. The van der Waals surface area contributed by atoms with Gasteiger partial charge in [-0.1, -0.05) is 13.3 Å². The van der Waals surface area contributed by atoms with Gasteiger partial charge in [0.25, 0.3) is 0 Å². The summed E-state index contributed by atoms with van der Waals surface area (Å²) in [4.78, 5) is 13.2. The first kappa shape index (κ1) is 16.0. The maximum Gasteiger partial charge on any atom is 0.303 e. The van der Waals surface area contributed by atoms with Gasteiger partial charge in [0.15, 0.2) is 0 Å². The summed E-state index contributed by atoms with van der Waals surface area (Å²) in [5.74, 6) is -0.693. The molecular weight excluding hydrogens is 266 g/mol. The third kappa shape index (κ3) is 4.56. The van der Waals surface area contributed by atoms with E-state index in [1.54, 1.807) is 0 Å². The Labute approximate surface area is 126 Å². The molecule has 2 heterocycles. The minimum atomic E-state index is -0.693. The van der Waals surface area contributed by atoms with Crippen LogP contribution in [0.4, 0.5) is 0 Å². The van der Waals surface area contributed by atoms with E-state index in [2.05, 4.69) is 36.1 Å². The Morgan fingerprint density at radius 2 is 2.33 bits per heavy atom. The van der Waals surface area contributed by atoms with Crippen molar-refractivity contribution in [2.75, 3.05) is 6.54 Å². The summed E-state index contributed by atoms with van der Waals surface area (Å²) in [5.41, 5.74) is 1.09. The van der Waals surface area contributed by atoms with Crippen LogP contribution >= 0.6 is 0 Å². The summed E-state index contributed by atoms with van der Waals surface area (Å²) in [6.45, 7) is 6.24. The summed E-state index contributed by atoms with van der Waals surface area (Å²) >= 11 is 0. The predicted molar refractivity (Wildman–Crippen MR) is 82.1 cm³/mol. The third-order valence-electron chi connectivity index (χ3n) is 4.51. The molecule has 1 aromatic rings. The van der Waals surface area contributed by atoms with Crippen LogP contribution in [0.2, 0.25) is 0 Å². The van der Waals surface area contributed by atoms with Crippen molar-refractivity contribution in [2.45, 2.75) is 71.0 Å². The average Bonchev–Trinajstić information content (AvgIpc) is 2.94. The molecule has 2 rings (SSSR count). The number of hydrogen-bond acceptors (Lipinski definition) is 3. The van der Waals surface area contributed by atoms with Crippen LogP contribution in [0, 0.1) is 0 Å². The van der Waals surface area contributed by atoms with Crippen LogP contribution in [-0.4, -0.2) is 38.3 Å². The van der Waals surface area contributed by atoms with Crippen molar-refractivity contribution in [2.24, 2.45) is 0 Å². The number of rotatable bonds is 7. The Morgan fingerprint density at radius 1 is 1.52 bits per heavy atom. The first-order valence-corrected chi connectivity index (χ1v) is 8.10. The van der Waals surface area contributed by atoms with E-state index >= 15 is 0 Å². The summed E-state index contributed by atoms with van der Waals surface area (Å²) < 4.78 is 2.03. The number of likely N-dealkylation sites (tertiary alicyclic amines) is 1. The first-order valence-electron chi connectivity index (χ1n) is 8.10. The predicted octanol–water partition coefficient (Wildman–Crippen LogP) is 3.07. The van der Waals surface area contributed by atoms with E-state index < -0.39 is 5.97 Å². The lowest BCUT2D eigenvalue weighted by atomic mass is 9.98. The van der Waals surface area contributed by atoms with Gasteiger partial charge >= 0.3 is 5.97 Å². The van der Waals surface area contributed by atoms with Gasteiger partial charge in [0.1, 0.15) is 0 Å². The van der Waals surface area contributed by atoms with E-state index in [0.717, 1.165) is 38.0 Å². The van der Waals surface area contributed by atoms with Crippen LogP contribution in [0.5, 0.6) is 0 Å². The van der Waals surface area contributed by atoms with Crippen molar-refractivity contribution < 1.29 is 9.90 Å². The minimum Gasteiger partial charge on any atom is -0.481 e. The fourth-order valence-corrected chi connectivity index (χ4v) is 2.99. The van der Waals surface area contributed by atoms with Gasteiger partial charge in [-0.25, -0.2) is 0 Å². The summed E-state index contributed by atoms with van der Waals surface area (Å²) in [6.07, 6.45) is 7.67. The van der Waals surface area contributed by atoms with Crippen LogP contribution in [0.1, 0.15) is 64.1 Å². The Morgan fingerprint density at radius 3 is 3.05 bits per heavy atom. The lowest BCUT2D eigenvalue weighted by molar-refractivity contribution is -0.137. The van der Waals surface area contributed by atoms with Crippen molar-refractivity contribution in [1.82, 2.24) is 14.7 Å². The fourth-order valence-electron chi connectivity index (χ4n) is 2.99. The smallest absolute Gasteiger partial charge is 0.303 e. The second kappa shape index (κ2) is 7.59. The van der Waals surface area contributed by atoms with Gasteiger partial charge in [-0.15, -0.1) is 0 Å².